The molecule has 0 bridgehead atoms. The van der Waals surface area contributed by atoms with Gasteiger partial charge in [0.25, 0.3) is 0 Å². The first-order chi connectivity index (χ1) is 5.74. The second-order valence-corrected chi connectivity index (χ2v) is 3.17. The van der Waals surface area contributed by atoms with E-state index in [1.165, 1.54) is 17.3 Å². The Labute approximate surface area is 73.0 Å². The van der Waals surface area contributed by atoms with E-state index in [4.69, 9.17) is 5.11 Å². The van der Waals surface area contributed by atoms with E-state index in [0.717, 1.165) is 4.88 Å². The molecule has 0 aromatic carbocycles. The average Bonchev–Trinajstić information content (AvgIpc) is 2.51. The van der Waals surface area contributed by atoms with Crippen molar-refractivity contribution in [3.63, 3.8) is 0 Å². The minimum Gasteiger partial charge on any atom is -0.477 e. The maximum Gasteiger partial charge on any atom is 0.343 e. The number of carboxylic acid groups (broad SMARTS) is 1. The van der Waals surface area contributed by atoms with Gasteiger partial charge < -0.3 is 5.11 Å². The van der Waals surface area contributed by atoms with Crippen LogP contribution in [0.1, 0.15) is 4.88 Å². The molecule has 0 fully saturated rings. The molecule has 0 atom stereocenters. The van der Waals surface area contributed by atoms with E-state index in [2.05, 4.69) is 0 Å². The van der Waals surface area contributed by atoms with Gasteiger partial charge in [0.2, 0.25) is 0 Å². The molecule has 1 heterocycles. The maximum atomic E-state index is 10.4. The highest BCUT2D eigenvalue weighted by atomic mass is 32.1. The Kier molecular flexibility index (Phi) is 2.80. The van der Waals surface area contributed by atoms with Crippen molar-refractivity contribution in [3.05, 3.63) is 28.0 Å². The molecule has 0 amide bonds. The van der Waals surface area contributed by atoms with Gasteiger partial charge in [-0.25, -0.2) is 9.59 Å². The normalized spacial score (nSPS) is 9.00. The van der Waals surface area contributed by atoms with Crippen LogP contribution in [0.2, 0.25) is 0 Å². The zero-order valence-electron chi connectivity index (χ0n) is 6.11. The summed E-state index contributed by atoms with van der Waals surface area (Å²) >= 11 is 1.42. The van der Waals surface area contributed by atoms with Crippen LogP contribution in [0.3, 0.4) is 0 Å². The number of carbonyl (C=O) groups excluding carboxylic acids is 1. The molecule has 0 saturated carbocycles. The predicted molar refractivity (Wildman–Crippen MR) is 44.9 cm³/mol. The Morgan fingerprint density at radius 1 is 1.67 bits per heavy atom. The third kappa shape index (κ3) is 2.05. The summed E-state index contributed by atoms with van der Waals surface area (Å²) in [6.07, 6.45) is 0.163. The minimum absolute atomic E-state index is 0.163. The molecule has 1 N–H and O–H groups in total. The van der Waals surface area contributed by atoms with E-state index in [1.54, 1.807) is 6.07 Å². The molecule has 12 heavy (non-hydrogen) atoms. The van der Waals surface area contributed by atoms with Crippen LogP contribution in [-0.4, -0.2) is 17.0 Å². The molecule has 62 valence electrons. The molecule has 1 aromatic heterocycles. The van der Waals surface area contributed by atoms with Crippen molar-refractivity contribution in [1.82, 2.24) is 0 Å². The van der Waals surface area contributed by atoms with Crippen LogP contribution in [0, 0.1) is 0 Å². The van der Waals surface area contributed by atoms with Gasteiger partial charge in [-0.3, -0.25) is 0 Å². The third-order valence-corrected chi connectivity index (χ3v) is 2.19. The summed E-state index contributed by atoms with van der Waals surface area (Å²) in [4.78, 5) is 21.4. The van der Waals surface area contributed by atoms with E-state index >= 15 is 0 Å². The highest BCUT2D eigenvalue weighted by Gasteiger charge is 2.09. The fourth-order valence-corrected chi connectivity index (χ4v) is 1.46. The lowest BCUT2D eigenvalue weighted by Gasteiger charge is -1.92. The van der Waals surface area contributed by atoms with Gasteiger partial charge in [0.05, 0.1) is 0 Å². The molecule has 4 heteroatoms. The van der Waals surface area contributed by atoms with Gasteiger partial charge in [0.1, 0.15) is 11.5 Å². The maximum absolute atomic E-state index is 10.4. The fourth-order valence-electron chi connectivity index (χ4n) is 0.743. The number of hydrogen-bond donors (Lipinski definition) is 1. The molecule has 0 saturated heterocycles. The highest BCUT2D eigenvalue weighted by Crippen LogP contribution is 2.12. The second-order valence-electron chi connectivity index (χ2n) is 2.14. The molecule has 3 nitrogen and oxygen atoms in total. The Bertz CT molecular complexity index is 320. The SMILES string of the molecule is O=C=C(Cc1cccs1)C(=O)O. The van der Waals surface area contributed by atoms with E-state index in [0.29, 0.717) is 0 Å². The lowest BCUT2D eigenvalue weighted by Crippen LogP contribution is -2.03. The second kappa shape index (κ2) is 3.85. The van der Waals surface area contributed by atoms with E-state index in [9.17, 15) is 9.59 Å². The molecular formula is C8H6O3S. The smallest absolute Gasteiger partial charge is 0.343 e. The van der Waals surface area contributed by atoms with Crippen LogP contribution in [0.25, 0.3) is 0 Å². The minimum atomic E-state index is -1.20. The van der Waals surface area contributed by atoms with Crippen molar-refractivity contribution in [2.75, 3.05) is 0 Å². The van der Waals surface area contributed by atoms with Crippen LogP contribution in [0.4, 0.5) is 0 Å². The van der Waals surface area contributed by atoms with E-state index in [-0.39, 0.29) is 12.0 Å². The van der Waals surface area contributed by atoms with Crippen LogP contribution in [0.5, 0.6) is 0 Å². The molecular weight excluding hydrogens is 176 g/mol. The van der Waals surface area contributed by atoms with Gasteiger partial charge in [0, 0.05) is 11.3 Å². The first-order valence-corrected chi connectivity index (χ1v) is 4.11. The van der Waals surface area contributed by atoms with Crippen LogP contribution in [-0.2, 0) is 16.0 Å². The van der Waals surface area contributed by atoms with Crippen molar-refractivity contribution < 1.29 is 14.7 Å². The monoisotopic (exact) mass is 182 g/mol. The summed E-state index contributed by atoms with van der Waals surface area (Å²) in [5.74, 6) is 0.218. The number of aliphatic carboxylic acids is 1. The van der Waals surface area contributed by atoms with Gasteiger partial charge in [-0.15, -0.1) is 11.3 Å². The zero-order valence-corrected chi connectivity index (χ0v) is 6.93. The zero-order chi connectivity index (χ0) is 8.97. The number of carbonyl (C=O) groups is 1. The first-order valence-electron chi connectivity index (χ1n) is 3.23. The van der Waals surface area contributed by atoms with Crippen LogP contribution >= 0.6 is 11.3 Å². The van der Waals surface area contributed by atoms with Crippen LogP contribution < -0.4 is 0 Å². The Balaban J connectivity index is 2.75. The lowest BCUT2D eigenvalue weighted by atomic mass is 10.2. The topological polar surface area (TPSA) is 54.4 Å². The Morgan fingerprint density at radius 2 is 2.42 bits per heavy atom. The quantitative estimate of drug-likeness (QED) is 0.563. The summed E-state index contributed by atoms with van der Waals surface area (Å²) < 4.78 is 0. The largest absolute Gasteiger partial charge is 0.477 e. The van der Waals surface area contributed by atoms with Gasteiger partial charge >= 0.3 is 5.97 Å². The molecule has 0 radical (unpaired) electrons. The fraction of sp³-hybridized carbons (Fsp3) is 0.125. The summed E-state index contributed by atoms with van der Waals surface area (Å²) in [5, 5.41) is 10.3. The van der Waals surface area contributed by atoms with Gasteiger partial charge in [-0.05, 0) is 11.4 Å². The van der Waals surface area contributed by atoms with E-state index < -0.39 is 5.97 Å². The molecule has 1 aromatic rings. The summed E-state index contributed by atoms with van der Waals surface area (Å²) in [5.41, 5.74) is -0.225. The number of carboxylic acids is 1. The van der Waals surface area contributed by atoms with Gasteiger partial charge in [0.15, 0.2) is 0 Å². The molecule has 1 rings (SSSR count). The highest BCUT2D eigenvalue weighted by molar-refractivity contribution is 7.09. The first kappa shape index (κ1) is 8.71. The van der Waals surface area contributed by atoms with Crippen molar-refractivity contribution in [3.8, 4) is 0 Å². The molecule has 0 aliphatic heterocycles. The molecule has 0 spiro atoms. The summed E-state index contributed by atoms with van der Waals surface area (Å²) in [7, 11) is 0. The van der Waals surface area contributed by atoms with E-state index in [1.807, 2.05) is 11.4 Å². The average molecular weight is 182 g/mol. The third-order valence-electron chi connectivity index (χ3n) is 1.31. The van der Waals surface area contributed by atoms with Crippen molar-refractivity contribution in [2.24, 2.45) is 0 Å². The van der Waals surface area contributed by atoms with Crippen molar-refractivity contribution in [2.45, 2.75) is 6.42 Å². The van der Waals surface area contributed by atoms with Crippen molar-refractivity contribution in [1.29, 1.82) is 0 Å². The predicted octanol–water partition coefficient (Wildman–Crippen LogP) is 1.13. The van der Waals surface area contributed by atoms with Crippen molar-refractivity contribution >= 4 is 23.2 Å². The molecule has 0 aliphatic carbocycles. The molecule has 0 aliphatic rings. The van der Waals surface area contributed by atoms with Gasteiger partial charge in [-0.2, -0.15) is 0 Å². The van der Waals surface area contributed by atoms with Crippen LogP contribution in [0.15, 0.2) is 23.1 Å². The number of rotatable bonds is 3. The Hall–Kier alpha value is -1.38. The lowest BCUT2D eigenvalue weighted by molar-refractivity contribution is -0.132. The molecule has 0 unspecified atom stereocenters. The standard InChI is InChI=1S/C8H6O3S/c9-5-6(8(10)11)4-7-2-1-3-12-7/h1-3H,4H2,(H,10,11). The Morgan fingerprint density at radius 3 is 2.83 bits per heavy atom. The number of hydrogen-bond acceptors (Lipinski definition) is 3. The summed E-state index contributed by atoms with van der Waals surface area (Å²) in [6.45, 7) is 0. The van der Waals surface area contributed by atoms with Gasteiger partial charge in [-0.1, -0.05) is 6.07 Å². The summed E-state index contributed by atoms with van der Waals surface area (Å²) in [6, 6.07) is 3.59. The number of thiophene rings is 1.